The van der Waals surface area contributed by atoms with Gasteiger partial charge in [-0.2, -0.15) is 0 Å². The van der Waals surface area contributed by atoms with Gasteiger partial charge in [-0.05, 0) is 31.5 Å². The molecule has 5 heteroatoms. The van der Waals surface area contributed by atoms with Crippen molar-refractivity contribution in [3.8, 4) is 11.5 Å². The molecule has 0 spiro atoms. The second-order valence-electron chi connectivity index (χ2n) is 4.87. The first-order valence-electron chi connectivity index (χ1n) is 6.77. The van der Waals surface area contributed by atoms with Gasteiger partial charge in [-0.25, -0.2) is 0 Å². The molecule has 1 amide bonds. The minimum Gasteiger partial charge on any atom is -0.497 e. The molecule has 0 radical (unpaired) electrons. The average molecular weight is 280 g/mol. The Morgan fingerprint density at radius 3 is 2.25 bits per heavy atom. The number of carbonyl (C=O) groups is 1. The number of amides is 1. The highest BCUT2D eigenvalue weighted by atomic mass is 16.5. The first kappa shape index (κ1) is 16.3. The van der Waals surface area contributed by atoms with Crippen molar-refractivity contribution in [2.45, 2.75) is 32.9 Å². The monoisotopic (exact) mass is 280 g/mol. The van der Waals surface area contributed by atoms with Gasteiger partial charge in [0.2, 0.25) is 5.91 Å². The summed E-state index contributed by atoms with van der Waals surface area (Å²) in [4.78, 5) is 11.5. The normalized spacial score (nSPS) is 10.4. The maximum absolute atomic E-state index is 11.5. The van der Waals surface area contributed by atoms with Gasteiger partial charge in [0.15, 0.2) is 0 Å². The second kappa shape index (κ2) is 8.43. The van der Waals surface area contributed by atoms with Gasteiger partial charge in [0.05, 0.1) is 14.2 Å². The molecule has 20 heavy (non-hydrogen) atoms. The van der Waals surface area contributed by atoms with Crippen molar-refractivity contribution in [2.24, 2.45) is 0 Å². The summed E-state index contributed by atoms with van der Waals surface area (Å²) in [6.07, 6.45) is 0.472. The fourth-order valence-electron chi connectivity index (χ4n) is 1.80. The van der Waals surface area contributed by atoms with Crippen molar-refractivity contribution >= 4 is 5.91 Å². The third-order valence-corrected chi connectivity index (χ3v) is 2.72. The smallest absolute Gasteiger partial charge is 0.221 e. The molecule has 0 aliphatic rings. The van der Waals surface area contributed by atoms with Crippen LogP contribution in [0.2, 0.25) is 0 Å². The summed E-state index contributed by atoms with van der Waals surface area (Å²) in [5.74, 6) is 1.59. The topological polar surface area (TPSA) is 59.6 Å². The Morgan fingerprint density at radius 2 is 1.75 bits per heavy atom. The maximum Gasteiger partial charge on any atom is 0.221 e. The van der Waals surface area contributed by atoms with Crippen LogP contribution in [0.4, 0.5) is 0 Å². The van der Waals surface area contributed by atoms with E-state index in [4.69, 9.17) is 9.47 Å². The van der Waals surface area contributed by atoms with Crippen LogP contribution in [0, 0.1) is 0 Å². The van der Waals surface area contributed by atoms with E-state index in [9.17, 15) is 4.79 Å². The second-order valence-corrected chi connectivity index (χ2v) is 4.87. The Kier molecular flexibility index (Phi) is 6.87. The van der Waals surface area contributed by atoms with Crippen LogP contribution >= 0.6 is 0 Å². The molecule has 0 bridgehead atoms. The molecule has 0 fully saturated rings. The molecule has 2 N–H and O–H groups in total. The summed E-state index contributed by atoms with van der Waals surface area (Å²) in [6.45, 7) is 5.21. The standard InChI is InChI=1S/C15H24N2O3/c1-11(2)17-15(18)5-6-16-10-12-7-13(19-3)9-14(8-12)20-4/h7-9,11,16H,5-6,10H2,1-4H3,(H,17,18). The lowest BCUT2D eigenvalue weighted by molar-refractivity contribution is -0.121. The fourth-order valence-corrected chi connectivity index (χ4v) is 1.80. The van der Waals surface area contributed by atoms with E-state index < -0.39 is 0 Å². The number of hydrogen-bond acceptors (Lipinski definition) is 4. The van der Waals surface area contributed by atoms with Crippen LogP contribution in [0.1, 0.15) is 25.8 Å². The van der Waals surface area contributed by atoms with Crippen molar-refractivity contribution in [3.63, 3.8) is 0 Å². The zero-order valence-corrected chi connectivity index (χ0v) is 12.7. The number of carbonyl (C=O) groups excluding carboxylic acids is 1. The lowest BCUT2D eigenvalue weighted by Gasteiger charge is -2.10. The van der Waals surface area contributed by atoms with E-state index in [1.54, 1.807) is 14.2 Å². The number of hydrogen-bond donors (Lipinski definition) is 2. The molecule has 0 aliphatic heterocycles. The Bertz CT molecular complexity index is 411. The number of ether oxygens (including phenoxy) is 2. The zero-order chi connectivity index (χ0) is 15.0. The molecule has 0 saturated carbocycles. The van der Waals surface area contributed by atoms with Crippen molar-refractivity contribution in [1.82, 2.24) is 10.6 Å². The summed E-state index contributed by atoms with van der Waals surface area (Å²) in [5.41, 5.74) is 1.06. The van der Waals surface area contributed by atoms with Crippen molar-refractivity contribution < 1.29 is 14.3 Å². The van der Waals surface area contributed by atoms with E-state index in [-0.39, 0.29) is 11.9 Å². The Balaban J connectivity index is 2.40. The lowest BCUT2D eigenvalue weighted by atomic mass is 10.2. The molecule has 5 nitrogen and oxygen atoms in total. The molecule has 0 atom stereocenters. The molecule has 0 aliphatic carbocycles. The average Bonchev–Trinajstić information content (AvgIpc) is 2.42. The molecule has 112 valence electrons. The third-order valence-electron chi connectivity index (χ3n) is 2.72. The number of benzene rings is 1. The SMILES string of the molecule is COc1cc(CNCCC(=O)NC(C)C)cc(OC)c1. The van der Waals surface area contributed by atoms with E-state index in [1.165, 1.54) is 0 Å². The largest absolute Gasteiger partial charge is 0.497 e. The van der Waals surface area contributed by atoms with Gasteiger partial charge in [0, 0.05) is 31.6 Å². The molecule has 1 rings (SSSR count). The molecule has 0 unspecified atom stereocenters. The quantitative estimate of drug-likeness (QED) is 0.712. The van der Waals surface area contributed by atoms with Gasteiger partial charge in [0.25, 0.3) is 0 Å². The number of rotatable bonds is 8. The summed E-state index contributed by atoms with van der Waals surface area (Å²) in [6, 6.07) is 5.91. The van der Waals surface area contributed by atoms with Crippen LogP contribution in [0.3, 0.4) is 0 Å². The van der Waals surface area contributed by atoms with Crippen LogP contribution < -0.4 is 20.1 Å². The van der Waals surface area contributed by atoms with E-state index in [0.29, 0.717) is 19.5 Å². The highest BCUT2D eigenvalue weighted by molar-refractivity contribution is 5.76. The molecule has 1 aromatic rings. The first-order chi connectivity index (χ1) is 9.55. The highest BCUT2D eigenvalue weighted by Gasteiger charge is 2.04. The molecular weight excluding hydrogens is 256 g/mol. The lowest BCUT2D eigenvalue weighted by Crippen LogP contribution is -2.32. The molecular formula is C15H24N2O3. The van der Waals surface area contributed by atoms with Gasteiger partial charge in [0.1, 0.15) is 11.5 Å². The van der Waals surface area contributed by atoms with Crippen LogP contribution in [-0.4, -0.2) is 32.7 Å². The van der Waals surface area contributed by atoms with Gasteiger partial charge in [-0.1, -0.05) is 0 Å². The van der Waals surface area contributed by atoms with E-state index in [0.717, 1.165) is 17.1 Å². The van der Waals surface area contributed by atoms with E-state index in [2.05, 4.69) is 10.6 Å². The van der Waals surface area contributed by atoms with Gasteiger partial charge in [-0.15, -0.1) is 0 Å². The Labute approximate surface area is 120 Å². The minimum atomic E-state index is 0.0655. The van der Waals surface area contributed by atoms with Gasteiger partial charge >= 0.3 is 0 Å². The Hall–Kier alpha value is -1.75. The predicted octanol–water partition coefficient (Wildman–Crippen LogP) is 1.71. The molecule has 0 heterocycles. The Morgan fingerprint density at radius 1 is 1.15 bits per heavy atom. The zero-order valence-electron chi connectivity index (χ0n) is 12.7. The number of methoxy groups -OCH3 is 2. The minimum absolute atomic E-state index is 0.0655. The maximum atomic E-state index is 11.5. The van der Waals surface area contributed by atoms with Crippen molar-refractivity contribution in [3.05, 3.63) is 23.8 Å². The predicted molar refractivity (Wildman–Crippen MR) is 79.1 cm³/mol. The van der Waals surface area contributed by atoms with Crippen LogP contribution in [0.15, 0.2) is 18.2 Å². The molecule has 0 saturated heterocycles. The summed E-state index contributed by atoms with van der Waals surface area (Å²) in [7, 11) is 3.25. The highest BCUT2D eigenvalue weighted by Crippen LogP contribution is 2.22. The molecule has 1 aromatic carbocycles. The summed E-state index contributed by atoms with van der Waals surface area (Å²) >= 11 is 0. The summed E-state index contributed by atoms with van der Waals surface area (Å²) in [5, 5.41) is 6.10. The van der Waals surface area contributed by atoms with Crippen LogP contribution in [0.25, 0.3) is 0 Å². The molecule has 0 aromatic heterocycles. The fraction of sp³-hybridized carbons (Fsp3) is 0.533. The van der Waals surface area contributed by atoms with Gasteiger partial charge in [-0.3, -0.25) is 4.79 Å². The van der Waals surface area contributed by atoms with Crippen molar-refractivity contribution in [1.29, 1.82) is 0 Å². The third kappa shape index (κ3) is 5.93. The van der Waals surface area contributed by atoms with E-state index >= 15 is 0 Å². The first-order valence-corrected chi connectivity index (χ1v) is 6.77. The van der Waals surface area contributed by atoms with Crippen molar-refractivity contribution in [2.75, 3.05) is 20.8 Å². The van der Waals surface area contributed by atoms with Crippen LogP contribution in [-0.2, 0) is 11.3 Å². The number of nitrogens with one attached hydrogen (secondary N) is 2. The summed E-state index contributed by atoms with van der Waals surface area (Å²) < 4.78 is 10.4. The van der Waals surface area contributed by atoms with Crippen LogP contribution in [0.5, 0.6) is 11.5 Å². The van der Waals surface area contributed by atoms with Gasteiger partial charge < -0.3 is 20.1 Å². The van der Waals surface area contributed by atoms with E-state index in [1.807, 2.05) is 32.0 Å².